The van der Waals surface area contributed by atoms with Crippen molar-refractivity contribution >= 4 is 16.9 Å². The molecule has 0 spiro atoms. The summed E-state index contributed by atoms with van der Waals surface area (Å²) < 4.78 is 10.6. The molecule has 24 heavy (non-hydrogen) atoms. The maximum Gasteiger partial charge on any atom is 0.340 e. The maximum absolute atomic E-state index is 12.1. The van der Waals surface area contributed by atoms with E-state index < -0.39 is 11.6 Å². The van der Waals surface area contributed by atoms with Gasteiger partial charge >= 0.3 is 11.6 Å². The molecule has 0 radical (unpaired) electrons. The van der Waals surface area contributed by atoms with Crippen LogP contribution in [0.1, 0.15) is 32.7 Å². The average Bonchev–Trinajstić information content (AvgIpc) is 2.54. The Morgan fingerprint density at radius 3 is 2.58 bits per heavy atom. The first-order chi connectivity index (χ1) is 11.4. The highest BCUT2D eigenvalue weighted by atomic mass is 16.5. The zero-order valence-corrected chi connectivity index (χ0v) is 13.8. The van der Waals surface area contributed by atoms with E-state index in [0.717, 1.165) is 22.2 Å². The fourth-order valence-electron chi connectivity index (χ4n) is 2.42. The van der Waals surface area contributed by atoms with Crippen molar-refractivity contribution in [1.29, 1.82) is 0 Å². The van der Waals surface area contributed by atoms with Crippen molar-refractivity contribution in [3.8, 4) is 0 Å². The highest BCUT2D eigenvalue weighted by molar-refractivity contribution is 5.89. The molecule has 1 aromatic carbocycles. The number of pyridine rings is 1. The first kappa shape index (κ1) is 15.9. The molecule has 0 N–H and O–H groups in total. The molecule has 2 heterocycles. The van der Waals surface area contributed by atoms with Crippen LogP contribution in [0.25, 0.3) is 11.0 Å². The van der Waals surface area contributed by atoms with Gasteiger partial charge in [0.2, 0.25) is 0 Å². The molecule has 3 rings (SSSR count). The Morgan fingerprint density at radius 1 is 1.12 bits per heavy atom. The molecule has 0 saturated carbocycles. The summed E-state index contributed by atoms with van der Waals surface area (Å²) in [5.74, 6) is -0.479. The number of rotatable bonds is 3. The van der Waals surface area contributed by atoms with Crippen LogP contribution in [0.15, 0.2) is 45.7 Å². The minimum absolute atomic E-state index is 0.00267. The summed E-state index contributed by atoms with van der Waals surface area (Å²) in [5.41, 5.74) is 3.96. The van der Waals surface area contributed by atoms with Gasteiger partial charge in [-0.05, 0) is 56.2 Å². The average molecular weight is 323 g/mol. The number of ether oxygens (including phenoxy) is 1. The lowest BCUT2D eigenvalue weighted by Gasteiger charge is -2.09. The predicted octanol–water partition coefficient (Wildman–Crippen LogP) is 3.47. The Bertz CT molecular complexity index is 971. The van der Waals surface area contributed by atoms with Crippen LogP contribution in [0.2, 0.25) is 0 Å². The minimum Gasteiger partial charge on any atom is -0.457 e. The van der Waals surface area contributed by atoms with E-state index in [9.17, 15) is 9.59 Å². The van der Waals surface area contributed by atoms with Crippen LogP contribution >= 0.6 is 0 Å². The number of aromatic nitrogens is 1. The van der Waals surface area contributed by atoms with Gasteiger partial charge in [-0.1, -0.05) is 0 Å². The number of aryl methyl sites for hydroxylation is 3. The normalized spacial score (nSPS) is 10.8. The van der Waals surface area contributed by atoms with Gasteiger partial charge in [0.15, 0.2) is 0 Å². The highest BCUT2D eigenvalue weighted by Gasteiger charge is 2.12. The number of esters is 1. The lowest BCUT2D eigenvalue weighted by atomic mass is 10.0. The Balaban J connectivity index is 1.89. The quantitative estimate of drug-likeness (QED) is 0.545. The zero-order valence-electron chi connectivity index (χ0n) is 13.8. The largest absolute Gasteiger partial charge is 0.457 e. The van der Waals surface area contributed by atoms with Crippen molar-refractivity contribution in [1.82, 2.24) is 4.98 Å². The summed E-state index contributed by atoms with van der Waals surface area (Å²) in [6.07, 6.45) is 1.47. The molecule has 0 atom stereocenters. The summed E-state index contributed by atoms with van der Waals surface area (Å²) in [6, 6.07) is 8.52. The van der Waals surface area contributed by atoms with Gasteiger partial charge in [0.1, 0.15) is 12.2 Å². The van der Waals surface area contributed by atoms with E-state index in [1.54, 1.807) is 12.1 Å². The first-order valence-corrected chi connectivity index (χ1v) is 7.58. The van der Waals surface area contributed by atoms with E-state index in [2.05, 4.69) is 4.98 Å². The molecule has 3 aromatic rings. The second kappa shape index (κ2) is 6.28. The van der Waals surface area contributed by atoms with Gasteiger partial charge in [-0.25, -0.2) is 9.59 Å². The van der Waals surface area contributed by atoms with E-state index in [-0.39, 0.29) is 6.61 Å². The molecule has 5 heteroatoms. The number of carbonyl (C=O) groups is 1. The van der Waals surface area contributed by atoms with Crippen LogP contribution in [-0.2, 0) is 11.3 Å². The van der Waals surface area contributed by atoms with E-state index in [1.165, 1.54) is 12.3 Å². The molecular weight excluding hydrogens is 306 g/mol. The summed E-state index contributed by atoms with van der Waals surface area (Å²) in [7, 11) is 0. The number of nitrogens with zero attached hydrogens (tertiary/aromatic N) is 1. The summed E-state index contributed by atoms with van der Waals surface area (Å²) in [6.45, 7) is 5.77. The first-order valence-electron chi connectivity index (χ1n) is 7.58. The molecule has 5 nitrogen and oxygen atoms in total. The number of benzene rings is 1. The summed E-state index contributed by atoms with van der Waals surface area (Å²) in [4.78, 5) is 27.9. The van der Waals surface area contributed by atoms with Gasteiger partial charge in [-0.2, -0.15) is 0 Å². The third-order valence-corrected chi connectivity index (χ3v) is 3.95. The number of fused-ring (bicyclic) bond motifs is 1. The molecule has 2 aromatic heterocycles. The number of hydrogen-bond donors (Lipinski definition) is 0. The van der Waals surface area contributed by atoms with E-state index in [1.807, 2.05) is 32.9 Å². The van der Waals surface area contributed by atoms with Crippen molar-refractivity contribution in [3.63, 3.8) is 0 Å². The third kappa shape index (κ3) is 3.20. The van der Waals surface area contributed by atoms with E-state index >= 15 is 0 Å². The third-order valence-electron chi connectivity index (χ3n) is 3.95. The zero-order chi connectivity index (χ0) is 17.3. The van der Waals surface area contributed by atoms with Crippen LogP contribution in [-0.4, -0.2) is 11.0 Å². The second-order valence-electron chi connectivity index (χ2n) is 5.79. The molecule has 0 aliphatic carbocycles. The Labute approximate surface area is 138 Å². The standard InChI is InChI=1S/C19H17NO4/c1-11-6-16-15(8-18(21)24-17(16)7-12(11)2)10-23-19(22)14-5-4-13(3)20-9-14/h4-9H,10H2,1-3H3. The molecule has 0 saturated heterocycles. The van der Waals surface area contributed by atoms with Crippen LogP contribution < -0.4 is 5.63 Å². The van der Waals surface area contributed by atoms with E-state index in [4.69, 9.17) is 9.15 Å². The number of hydrogen-bond acceptors (Lipinski definition) is 5. The monoisotopic (exact) mass is 323 g/mol. The molecule has 0 amide bonds. The van der Waals surface area contributed by atoms with Crippen molar-refractivity contribution in [2.24, 2.45) is 0 Å². The number of carbonyl (C=O) groups excluding carboxylic acids is 1. The predicted molar refractivity (Wildman–Crippen MR) is 90.1 cm³/mol. The summed E-state index contributed by atoms with van der Waals surface area (Å²) in [5, 5.41) is 0.771. The Morgan fingerprint density at radius 2 is 1.88 bits per heavy atom. The van der Waals surface area contributed by atoms with Crippen LogP contribution in [0, 0.1) is 20.8 Å². The van der Waals surface area contributed by atoms with Crippen molar-refractivity contribution in [3.05, 3.63) is 74.9 Å². The molecule has 0 fully saturated rings. The van der Waals surface area contributed by atoms with Gasteiger partial charge in [-0.15, -0.1) is 0 Å². The van der Waals surface area contributed by atoms with Gasteiger partial charge < -0.3 is 9.15 Å². The van der Waals surface area contributed by atoms with E-state index in [0.29, 0.717) is 16.7 Å². The van der Waals surface area contributed by atoms with Crippen LogP contribution in [0.3, 0.4) is 0 Å². The molecular formula is C19H17NO4. The Kier molecular flexibility index (Phi) is 4.16. The smallest absolute Gasteiger partial charge is 0.340 e. The molecule has 0 aliphatic rings. The van der Waals surface area contributed by atoms with Gasteiger partial charge in [-0.3, -0.25) is 4.98 Å². The lowest BCUT2D eigenvalue weighted by molar-refractivity contribution is 0.0473. The SMILES string of the molecule is Cc1ccc(C(=O)OCc2cc(=O)oc3cc(C)c(C)cc23)cn1. The van der Waals surface area contributed by atoms with Crippen molar-refractivity contribution in [2.45, 2.75) is 27.4 Å². The van der Waals surface area contributed by atoms with Crippen LogP contribution in [0.4, 0.5) is 0 Å². The topological polar surface area (TPSA) is 69.4 Å². The molecule has 0 unspecified atom stereocenters. The van der Waals surface area contributed by atoms with Gasteiger partial charge in [0, 0.05) is 28.9 Å². The van der Waals surface area contributed by atoms with Crippen molar-refractivity contribution in [2.75, 3.05) is 0 Å². The lowest BCUT2D eigenvalue weighted by Crippen LogP contribution is -2.08. The highest BCUT2D eigenvalue weighted by Crippen LogP contribution is 2.22. The Hall–Kier alpha value is -2.95. The minimum atomic E-state index is -0.479. The van der Waals surface area contributed by atoms with Gasteiger partial charge in [0.25, 0.3) is 0 Å². The fraction of sp³-hybridized carbons (Fsp3) is 0.211. The fourth-order valence-corrected chi connectivity index (χ4v) is 2.42. The molecule has 0 bridgehead atoms. The second-order valence-corrected chi connectivity index (χ2v) is 5.79. The van der Waals surface area contributed by atoms with Gasteiger partial charge in [0.05, 0.1) is 5.56 Å². The van der Waals surface area contributed by atoms with Crippen molar-refractivity contribution < 1.29 is 13.9 Å². The maximum atomic E-state index is 12.1. The van der Waals surface area contributed by atoms with Crippen LogP contribution in [0.5, 0.6) is 0 Å². The molecule has 0 aliphatic heterocycles. The summed E-state index contributed by atoms with van der Waals surface area (Å²) >= 11 is 0. The molecule has 122 valence electrons.